The minimum Gasteiger partial charge on any atom is -0.322 e. The van der Waals surface area contributed by atoms with Crippen molar-refractivity contribution >= 4 is 23.2 Å². The van der Waals surface area contributed by atoms with E-state index in [4.69, 9.17) is 11.6 Å². The maximum atomic E-state index is 13.3. The van der Waals surface area contributed by atoms with Crippen molar-refractivity contribution in [1.82, 2.24) is 4.98 Å². The van der Waals surface area contributed by atoms with E-state index in [1.54, 1.807) is 31.2 Å². The Labute approximate surface area is 200 Å². The summed E-state index contributed by atoms with van der Waals surface area (Å²) in [5.74, 6) is -0.514. The van der Waals surface area contributed by atoms with Gasteiger partial charge in [0.15, 0.2) is 0 Å². The molecule has 0 fully saturated rings. The molecule has 3 aromatic carbocycles. The molecule has 0 unspecified atom stereocenters. The monoisotopic (exact) mass is 480 g/mol. The first kappa shape index (κ1) is 23.5. The highest BCUT2D eigenvalue weighted by Gasteiger charge is 2.31. The van der Waals surface area contributed by atoms with Gasteiger partial charge in [0.2, 0.25) is 0 Å². The first-order chi connectivity index (χ1) is 16.1. The molecule has 0 saturated heterocycles. The second-order valence-electron chi connectivity index (χ2n) is 7.94. The molecular formula is C27H20ClF3N2O. The predicted octanol–water partition coefficient (Wildman–Crippen LogP) is 7.96. The lowest BCUT2D eigenvalue weighted by Gasteiger charge is -2.14. The Kier molecular flexibility index (Phi) is 6.44. The fourth-order valence-corrected chi connectivity index (χ4v) is 3.89. The summed E-state index contributed by atoms with van der Waals surface area (Å²) in [6.45, 7) is 3.74. The van der Waals surface area contributed by atoms with Crippen molar-refractivity contribution in [2.45, 2.75) is 20.0 Å². The van der Waals surface area contributed by atoms with Gasteiger partial charge < -0.3 is 5.32 Å². The number of hydrogen-bond acceptors (Lipinski definition) is 2. The highest BCUT2D eigenvalue weighted by atomic mass is 35.5. The van der Waals surface area contributed by atoms with Crippen LogP contribution in [-0.4, -0.2) is 10.9 Å². The van der Waals surface area contributed by atoms with Crippen LogP contribution in [0.5, 0.6) is 0 Å². The number of aryl methyl sites for hydroxylation is 2. The van der Waals surface area contributed by atoms with Gasteiger partial charge in [0.05, 0.1) is 5.56 Å². The summed E-state index contributed by atoms with van der Waals surface area (Å²) in [5.41, 5.74) is 4.10. The fourth-order valence-electron chi connectivity index (χ4n) is 3.67. The summed E-state index contributed by atoms with van der Waals surface area (Å²) in [4.78, 5) is 17.2. The van der Waals surface area contributed by atoms with E-state index >= 15 is 0 Å². The SMILES string of the molecule is Cc1ccc(-c2cc(C(F)(F)F)ccc2C(=O)Nc2ccc(-c3ccc(Cl)cc3C)cc2)cn1. The van der Waals surface area contributed by atoms with Crippen LogP contribution in [0.2, 0.25) is 5.02 Å². The number of anilines is 1. The molecule has 34 heavy (non-hydrogen) atoms. The number of benzene rings is 3. The zero-order valence-electron chi connectivity index (χ0n) is 18.4. The van der Waals surface area contributed by atoms with Gasteiger partial charge in [0.25, 0.3) is 5.91 Å². The molecule has 172 valence electrons. The number of nitrogens with zero attached hydrogens (tertiary/aromatic N) is 1. The summed E-state index contributed by atoms with van der Waals surface area (Å²) in [7, 11) is 0. The number of halogens is 4. The standard InChI is InChI=1S/C27H20ClF3N2O/c1-16-13-21(28)8-12-23(16)18-5-9-22(10-6-18)33-26(34)24-11-7-20(27(29,30)31)14-25(24)19-4-3-17(2)32-15-19/h3-15H,1-2H3,(H,33,34). The van der Waals surface area contributed by atoms with Crippen molar-refractivity contribution in [3.05, 3.63) is 106 Å². The minimum atomic E-state index is -4.53. The third kappa shape index (κ3) is 5.13. The fraction of sp³-hybridized carbons (Fsp3) is 0.111. The molecule has 0 atom stereocenters. The summed E-state index contributed by atoms with van der Waals surface area (Å²) in [6, 6.07) is 19.3. The molecule has 0 aliphatic rings. The van der Waals surface area contributed by atoms with Gasteiger partial charge in [-0.3, -0.25) is 9.78 Å². The highest BCUT2D eigenvalue weighted by molar-refractivity contribution is 6.30. The van der Waals surface area contributed by atoms with Gasteiger partial charge in [0.1, 0.15) is 0 Å². The Morgan fingerprint density at radius 3 is 2.18 bits per heavy atom. The quantitative estimate of drug-likeness (QED) is 0.322. The Morgan fingerprint density at radius 1 is 0.853 bits per heavy atom. The molecule has 0 radical (unpaired) electrons. The minimum absolute atomic E-state index is 0.122. The van der Waals surface area contributed by atoms with Gasteiger partial charge in [-0.15, -0.1) is 0 Å². The van der Waals surface area contributed by atoms with E-state index in [1.165, 1.54) is 12.3 Å². The summed E-state index contributed by atoms with van der Waals surface area (Å²) >= 11 is 6.03. The number of carbonyl (C=O) groups is 1. The normalized spacial score (nSPS) is 11.4. The second-order valence-corrected chi connectivity index (χ2v) is 8.37. The van der Waals surface area contributed by atoms with E-state index in [0.717, 1.165) is 34.5 Å². The van der Waals surface area contributed by atoms with Crippen LogP contribution in [-0.2, 0) is 6.18 Å². The van der Waals surface area contributed by atoms with Crippen molar-refractivity contribution in [3.63, 3.8) is 0 Å². The van der Waals surface area contributed by atoms with Crippen LogP contribution in [0.15, 0.2) is 79.0 Å². The van der Waals surface area contributed by atoms with Crippen LogP contribution in [0, 0.1) is 13.8 Å². The van der Waals surface area contributed by atoms with Crippen LogP contribution in [0.4, 0.5) is 18.9 Å². The molecule has 4 aromatic rings. The van der Waals surface area contributed by atoms with Gasteiger partial charge >= 0.3 is 6.18 Å². The van der Waals surface area contributed by atoms with E-state index in [9.17, 15) is 18.0 Å². The topological polar surface area (TPSA) is 42.0 Å². The molecule has 0 spiro atoms. The molecule has 0 saturated carbocycles. The number of carbonyl (C=O) groups excluding carboxylic acids is 1. The zero-order valence-corrected chi connectivity index (χ0v) is 19.1. The molecule has 3 nitrogen and oxygen atoms in total. The molecule has 0 bridgehead atoms. The Bertz CT molecular complexity index is 1350. The average molecular weight is 481 g/mol. The number of rotatable bonds is 4. The molecule has 1 heterocycles. The third-order valence-corrected chi connectivity index (χ3v) is 5.69. The molecule has 0 aliphatic heterocycles. The summed E-state index contributed by atoms with van der Waals surface area (Å²) < 4.78 is 40.0. The number of hydrogen-bond donors (Lipinski definition) is 1. The average Bonchev–Trinajstić information content (AvgIpc) is 2.79. The van der Waals surface area contributed by atoms with Crippen LogP contribution < -0.4 is 5.32 Å². The summed E-state index contributed by atoms with van der Waals surface area (Å²) in [5, 5.41) is 3.43. The van der Waals surface area contributed by atoms with Crippen LogP contribution in [0.3, 0.4) is 0 Å². The van der Waals surface area contributed by atoms with Crippen molar-refractivity contribution in [3.8, 4) is 22.3 Å². The molecule has 1 aromatic heterocycles. The third-order valence-electron chi connectivity index (χ3n) is 5.46. The Balaban J connectivity index is 1.64. The van der Waals surface area contributed by atoms with Gasteiger partial charge in [-0.05, 0) is 84.6 Å². The zero-order chi connectivity index (χ0) is 24.5. The molecule has 1 N–H and O–H groups in total. The van der Waals surface area contributed by atoms with E-state index in [-0.39, 0.29) is 11.1 Å². The lowest BCUT2D eigenvalue weighted by molar-refractivity contribution is -0.137. The number of alkyl halides is 3. The van der Waals surface area contributed by atoms with E-state index in [1.807, 2.05) is 37.3 Å². The molecule has 1 amide bonds. The Hall–Kier alpha value is -3.64. The van der Waals surface area contributed by atoms with Crippen molar-refractivity contribution < 1.29 is 18.0 Å². The van der Waals surface area contributed by atoms with Crippen molar-refractivity contribution in [2.24, 2.45) is 0 Å². The highest BCUT2D eigenvalue weighted by Crippen LogP contribution is 2.34. The smallest absolute Gasteiger partial charge is 0.322 e. The van der Waals surface area contributed by atoms with Gasteiger partial charge in [-0.1, -0.05) is 35.9 Å². The lowest BCUT2D eigenvalue weighted by Crippen LogP contribution is -2.14. The predicted molar refractivity (Wildman–Crippen MR) is 129 cm³/mol. The molecular weight excluding hydrogens is 461 g/mol. The number of aromatic nitrogens is 1. The van der Waals surface area contributed by atoms with E-state index in [2.05, 4.69) is 10.3 Å². The van der Waals surface area contributed by atoms with E-state index in [0.29, 0.717) is 16.3 Å². The van der Waals surface area contributed by atoms with Gasteiger partial charge in [-0.2, -0.15) is 13.2 Å². The van der Waals surface area contributed by atoms with Crippen LogP contribution in [0.25, 0.3) is 22.3 Å². The van der Waals surface area contributed by atoms with E-state index < -0.39 is 17.6 Å². The lowest BCUT2D eigenvalue weighted by atomic mass is 9.97. The maximum absolute atomic E-state index is 13.3. The number of nitrogens with one attached hydrogen (secondary N) is 1. The summed E-state index contributed by atoms with van der Waals surface area (Å²) in [6.07, 6.45) is -3.07. The second kappa shape index (κ2) is 9.31. The van der Waals surface area contributed by atoms with Crippen LogP contribution in [0.1, 0.15) is 27.2 Å². The molecule has 4 rings (SSSR count). The van der Waals surface area contributed by atoms with Gasteiger partial charge in [-0.25, -0.2) is 0 Å². The van der Waals surface area contributed by atoms with Crippen molar-refractivity contribution in [1.29, 1.82) is 0 Å². The first-order valence-electron chi connectivity index (χ1n) is 10.4. The van der Waals surface area contributed by atoms with Gasteiger partial charge in [0, 0.05) is 33.7 Å². The number of amides is 1. The number of pyridine rings is 1. The largest absolute Gasteiger partial charge is 0.416 e. The van der Waals surface area contributed by atoms with Crippen molar-refractivity contribution in [2.75, 3.05) is 5.32 Å². The first-order valence-corrected chi connectivity index (χ1v) is 10.8. The maximum Gasteiger partial charge on any atom is 0.416 e. The molecule has 7 heteroatoms. The Morgan fingerprint density at radius 2 is 1.56 bits per heavy atom. The molecule has 0 aliphatic carbocycles. The van der Waals surface area contributed by atoms with Crippen LogP contribution >= 0.6 is 11.6 Å².